The van der Waals surface area contributed by atoms with Gasteiger partial charge in [0, 0.05) is 12.1 Å². The topological polar surface area (TPSA) is 96.4 Å². The summed E-state index contributed by atoms with van der Waals surface area (Å²) in [5.41, 5.74) is 6.61. The first-order valence-electron chi connectivity index (χ1n) is 9.22. The molecule has 0 saturated heterocycles. The second kappa shape index (κ2) is 7.82. The highest BCUT2D eigenvalue weighted by molar-refractivity contribution is 6.04. The Morgan fingerprint density at radius 3 is 2.59 bits per heavy atom. The number of ether oxygens (including phenoxy) is 2. The Kier molecular flexibility index (Phi) is 5.48. The maximum Gasteiger partial charge on any atom is 0.290 e. The number of aromatic nitrogens is 2. The lowest BCUT2D eigenvalue weighted by Gasteiger charge is -2.18. The van der Waals surface area contributed by atoms with Gasteiger partial charge in [0.15, 0.2) is 17.3 Å². The van der Waals surface area contributed by atoms with Crippen molar-refractivity contribution >= 4 is 11.5 Å². The van der Waals surface area contributed by atoms with Crippen molar-refractivity contribution in [2.75, 3.05) is 12.8 Å². The molecule has 1 aromatic carbocycles. The highest BCUT2D eigenvalue weighted by atomic mass is 16.5. The van der Waals surface area contributed by atoms with Crippen LogP contribution in [0.3, 0.4) is 0 Å². The minimum absolute atomic E-state index is 0.0802. The number of hydrogen-bond acceptors (Lipinski definition) is 6. The van der Waals surface area contributed by atoms with Gasteiger partial charge in [0.2, 0.25) is 0 Å². The van der Waals surface area contributed by atoms with Crippen LogP contribution in [0.5, 0.6) is 11.5 Å². The minimum atomic E-state index is -0.456. The molecule has 0 radical (unpaired) electrons. The van der Waals surface area contributed by atoms with E-state index in [4.69, 9.17) is 15.2 Å². The third-order valence-electron chi connectivity index (χ3n) is 4.88. The number of Topliss-reactive ketones (excluding diaryl/α,β-unsaturated/α-hetero) is 1. The molecule has 1 aliphatic rings. The number of nitrogens with zero attached hydrogens (tertiary/aromatic N) is 2. The Balaban J connectivity index is 2.14. The molecule has 0 aliphatic heterocycles. The summed E-state index contributed by atoms with van der Waals surface area (Å²) in [6.45, 7) is 3.54. The lowest BCUT2D eigenvalue weighted by molar-refractivity contribution is 0.101. The van der Waals surface area contributed by atoms with E-state index in [1.165, 1.54) is 11.6 Å². The van der Waals surface area contributed by atoms with E-state index in [0.717, 1.165) is 25.7 Å². The Bertz CT molecular complexity index is 914. The van der Waals surface area contributed by atoms with Gasteiger partial charge in [-0.25, -0.2) is 4.68 Å². The molecule has 7 nitrogen and oxygen atoms in total. The van der Waals surface area contributed by atoms with Gasteiger partial charge < -0.3 is 15.2 Å². The van der Waals surface area contributed by atoms with Gasteiger partial charge in [-0.05, 0) is 57.7 Å². The van der Waals surface area contributed by atoms with Gasteiger partial charge in [-0.1, -0.05) is 0 Å². The normalized spacial score (nSPS) is 14.3. The molecule has 1 aliphatic carbocycles. The molecule has 3 rings (SSSR count). The summed E-state index contributed by atoms with van der Waals surface area (Å²) in [7, 11) is 1.59. The van der Waals surface area contributed by atoms with Crippen LogP contribution in [0.15, 0.2) is 23.0 Å². The van der Waals surface area contributed by atoms with Crippen LogP contribution >= 0.6 is 0 Å². The zero-order valence-corrected chi connectivity index (χ0v) is 15.9. The van der Waals surface area contributed by atoms with Crippen molar-refractivity contribution in [2.45, 2.75) is 52.2 Å². The number of nitrogens with two attached hydrogens (primary N) is 1. The van der Waals surface area contributed by atoms with Gasteiger partial charge in [-0.2, -0.15) is 5.10 Å². The van der Waals surface area contributed by atoms with Gasteiger partial charge in [-0.3, -0.25) is 9.59 Å². The molecule has 0 unspecified atom stereocenters. The fraction of sp³-hybridized carbons (Fsp3) is 0.450. The van der Waals surface area contributed by atoms with Crippen molar-refractivity contribution in [3.05, 3.63) is 34.1 Å². The molecule has 1 aromatic heterocycles. The molecule has 27 heavy (non-hydrogen) atoms. The minimum Gasteiger partial charge on any atom is -0.493 e. The van der Waals surface area contributed by atoms with Gasteiger partial charge in [-0.15, -0.1) is 0 Å². The highest BCUT2D eigenvalue weighted by Crippen LogP contribution is 2.36. The largest absolute Gasteiger partial charge is 0.493 e. The lowest BCUT2D eigenvalue weighted by atomic mass is 10.0. The third-order valence-corrected chi connectivity index (χ3v) is 4.88. The van der Waals surface area contributed by atoms with Gasteiger partial charge in [0.25, 0.3) is 5.56 Å². The molecule has 0 spiro atoms. The van der Waals surface area contributed by atoms with Crippen LogP contribution in [0.2, 0.25) is 0 Å². The Morgan fingerprint density at radius 2 is 2.00 bits per heavy atom. The molecule has 0 bridgehead atoms. The average Bonchev–Trinajstić information content (AvgIpc) is 3.16. The molecule has 0 amide bonds. The predicted octanol–water partition coefficient (Wildman–Crippen LogP) is 3.05. The van der Waals surface area contributed by atoms with Crippen LogP contribution in [0, 0.1) is 0 Å². The van der Waals surface area contributed by atoms with E-state index in [9.17, 15) is 9.59 Å². The summed E-state index contributed by atoms with van der Waals surface area (Å²) in [4.78, 5) is 24.5. The van der Waals surface area contributed by atoms with Crippen LogP contribution in [-0.2, 0) is 6.54 Å². The number of methoxy groups -OCH3 is 1. The number of nitrogen functional groups attached to an aromatic ring is 1. The van der Waals surface area contributed by atoms with Crippen molar-refractivity contribution in [3.63, 3.8) is 0 Å². The zero-order chi connectivity index (χ0) is 19.6. The van der Waals surface area contributed by atoms with Gasteiger partial charge in [0.05, 0.1) is 18.8 Å². The molecule has 1 heterocycles. The van der Waals surface area contributed by atoms with Crippen LogP contribution < -0.4 is 20.8 Å². The van der Waals surface area contributed by atoms with Crippen LogP contribution in [0.25, 0.3) is 11.3 Å². The second-order valence-corrected chi connectivity index (χ2v) is 6.70. The molecule has 2 N–H and O–H groups in total. The average molecular weight is 371 g/mol. The fourth-order valence-electron chi connectivity index (χ4n) is 3.46. The number of carbonyl (C=O) groups is 1. The maximum absolute atomic E-state index is 12.3. The standard InChI is InChI=1S/C20H25N3O4/c1-4-23-20(25)18(21)17(12(2)24)19(22-23)13-9-10-15(26-3)16(11-13)27-14-7-5-6-8-14/h9-11,14H,4-8,21H2,1-3H3. The first kappa shape index (κ1) is 18.9. The lowest BCUT2D eigenvalue weighted by Crippen LogP contribution is -2.28. The van der Waals surface area contributed by atoms with Gasteiger partial charge in [0.1, 0.15) is 11.4 Å². The van der Waals surface area contributed by atoms with Crippen LogP contribution in [0.4, 0.5) is 5.69 Å². The number of benzene rings is 1. The van der Waals surface area contributed by atoms with Crippen molar-refractivity contribution < 1.29 is 14.3 Å². The molecular weight excluding hydrogens is 346 g/mol. The number of rotatable bonds is 6. The Labute approximate surface area is 158 Å². The van der Waals surface area contributed by atoms with Crippen LogP contribution in [0.1, 0.15) is 49.9 Å². The van der Waals surface area contributed by atoms with E-state index in [0.29, 0.717) is 29.3 Å². The van der Waals surface area contributed by atoms with Gasteiger partial charge >= 0.3 is 0 Å². The Morgan fingerprint density at radius 1 is 1.30 bits per heavy atom. The summed E-state index contributed by atoms with van der Waals surface area (Å²) in [5.74, 6) is 0.919. The highest BCUT2D eigenvalue weighted by Gasteiger charge is 2.22. The number of hydrogen-bond donors (Lipinski definition) is 1. The van der Waals surface area contributed by atoms with Crippen LogP contribution in [-0.4, -0.2) is 28.8 Å². The number of anilines is 1. The summed E-state index contributed by atoms with van der Waals surface area (Å²) in [6, 6.07) is 5.37. The van der Waals surface area contributed by atoms with E-state index in [1.807, 2.05) is 0 Å². The number of ketones is 1. The van der Waals surface area contributed by atoms with Crippen molar-refractivity contribution in [2.24, 2.45) is 0 Å². The predicted molar refractivity (Wildman–Crippen MR) is 103 cm³/mol. The first-order chi connectivity index (χ1) is 13.0. The zero-order valence-electron chi connectivity index (χ0n) is 15.9. The molecule has 7 heteroatoms. The SMILES string of the molecule is CCn1nc(-c2ccc(OC)c(OC3CCCC3)c2)c(C(C)=O)c(N)c1=O. The second-order valence-electron chi connectivity index (χ2n) is 6.70. The number of carbonyl (C=O) groups excluding carboxylic acids is 1. The van der Waals surface area contributed by atoms with Crippen molar-refractivity contribution in [1.29, 1.82) is 0 Å². The summed E-state index contributed by atoms with van der Waals surface area (Å²) in [5, 5.41) is 4.38. The maximum atomic E-state index is 12.3. The smallest absolute Gasteiger partial charge is 0.290 e. The van der Waals surface area contributed by atoms with Crippen molar-refractivity contribution in [3.8, 4) is 22.8 Å². The summed E-state index contributed by atoms with van der Waals surface area (Å²) in [6.07, 6.45) is 4.49. The summed E-state index contributed by atoms with van der Waals surface area (Å²) < 4.78 is 12.8. The van der Waals surface area contributed by atoms with E-state index in [2.05, 4.69) is 5.10 Å². The fourth-order valence-corrected chi connectivity index (χ4v) is 3.46. The van der Waals surface area contributed by atoms with E-state index in [-0.39, 0.29) is 23.1 Å². The quantitative estimate of drug-likeness (QED) is 0.784. The van der Waals surface area contributed by atoms with Crippen molar-refractivity contribution in [1.82, 2.24) is 9.78 Å². The third kappa shape index (κ3) is 3.67. The molecular formula is C20H25N3O4. The van der Waals surface area contributed by atoms with E-state index in [1.54, 1.807) is 32.2 Å². The molecule has 1 saturated carbocycles. The molecule has 1 fully saturated rings. The summed E-state index contributed by atoms with van der Waals surface area (Å²) >= 11 is 0. The molecule has 0 atom stereocenters. The number of aryl methyl sites for hydroxylation is 1. The Hall–Kier alpha value is -2.83. The monoisotopic (exact) mass is 371 g/mol. The molecule has 144 valence electrons. The first-order valence-corrected chi connectivity index (χ1v) is 9.22. The van der Waals surface area contributed by atoms with E-state index < -0.39 is 5.56 Å². The molecule has 2 aromatic rings. The van der Waals surface area contributed by atoms with E-state index >= 15 is 0 Å².